The average Bonchev–Trinajstić information content (AvgIpc) is 3.23. The molecule has 8 nitrogen and oxygen atoms in total. The third-order valence-electron chi connectivity index (χ3n) is 6.32. The van der Waals surface area contributed by atoms with Gasteiger partial charge in [0.25, 0.3) is 0 Å². The molecule has 35 heavy (non-hydrogen) atoms. The molecule has 1 saturated heterocycles. The highest BCUT2D eigenvalue weighted by Crippen LogP contribution is 2.44. The van der Waals surface area contributed by atoms with Crippen LogP contribution in [-0.4, -0.2) is 56.3 Å². The highest BCUT2D eigenvalue weighted by molar-refractivity contribution is 5.70. The molecular formula is C26H28FN5O3. The zero-order valence-electron chi connectivity index (χ0n) is 20.1. The largest absolute Gasteiger partial charge is 0.476 e. The van der Waals surface area contributed by atoms with E-state index in [1.165, 1.54) is 17.7 Å². The van der Waals surface area contributed by atoms with Crippen molar-refractivity contribution in [2.75, 3.05) is 19.7 Å². The Balaban J connectivity index is 1.48. The lowest BCUT2D eigenvalue weighted by Gasteiger charge is -2.46. The molecule has 182 valence electrons. The second kappa shape index (κ2) is 8.79. The molecule has 1 fully saturated rings. The smallest absolute Gasteiger partial charge is 0.410 e. The molecule has 1 aliphatic heterocycles. The van der Waals surface area contributed by atoms with Gasteiger partial charge in [-0.25, -0.2) is 13.9 Å². The van der Waals surface area contributed by atoms with E-state index >= 15 is 0 Å². The minimum Gasteiger partial charge on any atom is -0.476 e. The molecule has 1 amide bonds. The van der Waals surface area contributed by atoms with Crippen molar-refractivity contribution in [1.82, 2.24) is 24.9 Å². The number of nitrogens with zero attached hydrogens (tertiary/aromatic N) is 5. The van der Waals surface area contributed by atoms with Crippen LogP contribution in [0.3, 0.4) is 0 Å². The van der Waals surface area contributed by atoms with E-state index in [9.17, 15) is 9.18 Å². The maximum Gasteiger partial charge on any atom is 0.410 e. The van der Waals surface area contributed by atoms with Crippen molar-refractivity contribution < 1.29 is 18.7 Å². The molecule has 1 aromatic carbocycles. The molecule has 1 atom stereocenters. The predicted octanol–water partition coefficient (Wildman–Crippen LogP) is 4.45. The zero-order valence-corrected chi connectivity index (χ0v) is 20.1. The Morgan fingerprint density at radius 2 is 2.00 bits per heavy atom. The molecule has 0 radical (unpaired) electrons. The molecular weight excluding hydrogens is 449 g/mol. The van der Waals surface area contributed by atoms with Gasteiger partial charge in [-0.3, -0.25) is 0 Å². The first-order valence-electron chi connectivity index (χ1n) is 11.6. The summed E-state index contributed by atoms with van der Waals surface area (Å²) in [7, 11) is 0. The van der Waals surface area contributed by atoms with Gasteiger partial charge in [0.15, 0.2) is 0 Å². The number of likely N-dealkylation sites (tertiary alicyclic amines) is 1. The molecule has 1 unspecified atom stereocenters. The quantitative estimate of drug-likeness (QED) is 0.552. The normalized spacial score (nSPS) is 19.4. The number of carbonyl (C=O) groups is 1. The van der Waals surface area contributed by atoms with Crippen LogP contribution in [0.4, 0.5) is 9.18 Å². The number of rotatable bonds is 4. The fraction of sp³-hybridized carbons (Fsp3) is 0.385. The summed E-state index contributed by atoms with van der Waals surface area (Å²) < 4.78 is 27.0. The van der Waals surface area contributed by atoms with Gasteiger partial charge in [0, 0.05) is 30.8 Å². The van der Waals surface area contributed by atoms with Crippen molar-refractivity contribution >= 4 is 12.2 Å². The summed E-state index contributed by atoms with van der Waals surface area (Å²) in [4.78, 5) is 14.7. The SMILES string of the molecule is CC(C)(C)OC(=O)N1CCC2=Cc3c(cnn3-c3ccc(F)cc3)CC2(COc2cccnn2)C1. The number of carbonyl (C=O) groups excluding carboxylic acids is 1. The summed E-state index contributed by atoms with van der Waals surface area (Å²) in [6.07, 6.45) is 6.55. The van der Waals surface area contributed by atoms with Crippen LogP contribution < -0.4 is 4.74 Å². The van der Waals surface area contributed by atoms with E-state index < -0.39 is 11.0 Å². The molecule has 5 rings (SSSR count). The van der Waals surface area contributed by atoms with Crippen LogP contribution in [0.25, 0.3) is 11.8 Å². The zero-order chi connectivity index (χ0) is 24.6. The van der Waals surface area contributed by atoms with Crippen molar-refractivity contribution in [3.05, 3.63) is 71.4 Å². The number of aromatic nitrogens is 4. The standard InChI is InChI=1S/C26H28FN5O3/c1-25(2,3)35-24(33)31-12-10-19-13-22-18(15-29-32(22)21-8-6-20(27)7-9-21)14-26(19,16-31)17-34-23-5-4-11-28-30-23/h4-9,11,13,15H,10,12,14,16-17H2,1-3H3. The Morgan fingerprint density at radius 3 is 2.71 bits per heavy atom. The summed E-state index contributed by atoms with van der Waals surface area (Å²) >= 11 is 0. The Bertz CT molecular complexity index is 1250. The fourth-order valence-corrected chi connectivity index (χ4v) is 4.71. The van der Waals surface area contributed by atoms with Gasteiger partial charge in [-0.1, -0.05) is 5.57 Å². The number of fused-ring (bicyclic) bond motifs is 2. The van der Waals surface area contributed by atoms with Crippen LogP contribution in [0.2, 0.25) is 0 Å². The maximum absolute atomic E-state index is 13.5. The van der Waals surface area contributed by atoms with E-state index in [0.29, 0.717) is 38.4 Å². The molecule has 2 aromatic heterocycles. The monoisotopic (exact) mass is 477 g/mol. The predicted molar refractivity (Wildman–Crippen MR) is 128 cm³/mol. The lowest BCUT2D eigenvalue weighted by atomic mass is 9.69. The molecule has 0 N–H and O–H groups in total. The second-order valence-corrected chi connectivity index (χ2v) is 10.1. The van der Waals surface area contributed by atoms with Crippen LogP contribution in [0.15, 0.2) is 54.4 Å². The topological polar surface area (TPSA) is 82.4 Å². The summed E-state index contributed by atoms with van der Waals surface area (Å²) in [5.74, 6) is 0.145. The minimum absolute atomic E-state index is 0.289. The lowest BCUT2D eigenvalue weighted by Crippen LogP contribution is -2.53. The number of hydrogen-bond donors (Lipinski definition) is 0. The first kappa shape index (κ1) is 23.0. The van der Waals surface area contributed by atoms with Crippen molar-refractivity contribution in [3.8, 4) is 11.6 Å². The number of benzene rings is 1. The molecule has 2 aliphatic rings. The van der Waals surface area contributed by atoms with Crippen LogP contribution in [0.5, 0.6) is 5.88 Å². The van der Waals surface area contributed by atoms with Crippen molar-refractivity contribution in [2.45, 2.75) is 39.2 Å². The van der Waals surface area contributed by atoms with E-state index in [0.717, 1.165) is 16.9 Å². The third kappa shape index (κ3) is 4.76. The third-order valence-corrected chi connectivity index (χ3v) is 6.32. The molecule has 0 bridgehead atoms. The number of ether oxygens (including phenoxy) is 2. The molecule has 3 aromatic rings. The number of hydrogen-bond acceptors (Lipinski definition) is 6. The Kier molecular flexibility index (Phi) is 5.78. The van der Waals surface area contributed by atoms with Crippen LogP contribution >= 0.6 is 0 Å². The van der Waals surface area contributed by atoms with E-state index in [2.05, 4.69) is 21.4 Å². The van der Waals surface area contributed by atoms with Gasteiger partial charge in [-0.15, -0.1) is 5.10 Å². The maximum atomic E-state index is 13.5. The Morgan fingerprint density at radius 1 is 1.20 bits per heavy atom. The van der Waals surface area contributed by atoms with Crippen molar-refractivity contribution in [2.24, 2.45) is 5.41 Å². The van der Waals surface area contributed by atoms with E-state index in [1.54, 1.807) is 35.4 Å². The van der Waals surface area contributed by atoms with Gasteiger partial charge in [0.05, 0.1) is 17.6 Å². The first-order chi connectivity index (χ1) is 16.7. The number of piperidine rings is 1. The van der Waals surface area contributed by atoms with Gasteiger partial charge in [-0.05, 0) is 75.6 Å². The highest BCUT2D eigenvalue weighted by Gasteiger charge is 2.45. The van der Waals surface area contributed by atoms with Crippen LogP contribution in [0.1, 0.15) is 38.4 Å². The number of halogens is 1. The van der Waals surface area contributed by atoms with Crippen LogP contribution in [0, 0.1) is 11.2 Å². The van der Waals surface area contributed by atoms with E-state index in [-0.39, 0.29) is 11.9 Å². The van der Waals surface area contributed by atoms with Gasteiger partial charge < -0.3 is 14.4 Å². The van der Waals surface area contributed by atoms with E-state index in [1.807, 2.05) is 31.6 Å². The average molecular weight is 478 g/mol. The van der Waals surface area contributed by atoms with Gasteiger partial charge in [0.2, 0.25) is 5.88 Å². The summed E-state index contributed by atoms with van der Waals surface area (Å²) in [6, 6.07) is 9.82. The van der Waals surface area contributed by atoms with Gasteiger partial charge >= 0.3 is 6.09 Å². The van der Waals surface area contributed by atoms with Gasteiger partial charge in [-0.2, -0.15) is 10.2 Å². The first-order valence-corrected chi connectivity index (χ1v) is 11.6. The van der Waals surface area contributed by atoms with Crippen molar-refractivity contribution in [3.63, 3.8) is 0 Å². The second-order valence-electron chi connectivity index (χ2n) is 10.1. The summed E-state index contributed by atoms with van der Waals surface area (Å²) in [6.45, 7) is 6.93. The Hall–Kier alpha value is -3.75. The molecule has 3 heterocycles. The molecule has 0 spiro atoms. The van der Waals surface area contributed by atoms with E-state index in [4.69, 9.17) is 9.47 Å². The molecule has 9 heteroatoms. The summed E-state index contributed by atoms with van der Waals surface area (Å²) in [5.41, 5.74) is 2.93. The van der Waals surface area contributed by atoms with Gasteiger partial charge in [0.1, 0.15) is 18.0 Å². The lowest BCUT2D eigenvalue weighted by molar-refractivity contribution is 0.00718. The molecule has 0 saturated carbocycles. The summed E-state index contributed by atoms with van der Waals surface area (Å²) in [5, 5.41) is 12.5. The Labute approximate surface area is 203 Å². The fourth-order valence-electron chi connectivity index (χ4n) is 4.71. The number of amides is 1. The van der Waals surface area contributed by atoms with Crippen molar-refractivity contribution in [1.29, 1.82) is 0 Å². The minimum atomic E-state index is -0.577. The molecule has 1 aliphatic carbocycles. The highest BCUT2D eigenvalue weighted by atomic mass is 19.1. The van der Waals surface area contributed by atoms with Crippen LogP contribution in [-0.2, 0) is 11.2 Å².